The molecule has 3 N–H and O–H groups in total. The normalized spacial score (nSPS) is 12.7. The molecule has 0 spiro atoms. The number of aliphatic hydroxyl groups is 2. The number of hydrogen-bond donors (Lipinski definition) is 3. The smallest absolute Gasteiger partial charge is 0.305 e. The first-order valence-corrected chi connectivity index (χ1v) is 33.7. The van der Waals surface area contributed by atoms with Crippen molar-refractivity contribution in [1.29, 1.82) is 0 Å². The Balaban J connectivity index is 3.43. The maximum atomic E-state index is 12.5. The molecule has 0 aliphatic rings. The number of aliphatic hydroxyl groups excluding tert-OH is 2. The molecule has 0 bridgehead atoms. The third-order valence-electron chi connectivity index (χ3n) is 15.7. The second-order valence-corrected chi connectivity index (χ2v) is 23.1. The lowest BCUT2D eigenvalue weighted by atomic mass is 10.0. The minimum atomic E-state index is -0.671. The SMILES string of the molecule is CCCCC/C=C\C/C=C\CCCCCCCC(=O)OCCCCCCCCCCCC/C=C\CCCCCCCCCC(=O)NC(CO)C(O)CCCCCCCCCCCCCCCCCCCCCCCC. The minimum Gasteiger partial charge on any atom is -0.466 e. The second kappa shape index (κ2) is 64.6. The average Bonchev–Trinajstić information content (AvgIpc) is 3.41. The van der Waals surface area contributed by atoms with Crippen LogP contribution in [0.4, 0.5) is 0 Å². The van der Waals surface area contributed by atoms with E-state index < -0.39 is 12.1 Å². The van der Waals surface area contributed by atoms with E-state index in [1.165, 1.54) is 283 Å². The molecule has 0 aliphatic heterocycles. The number of hydrogen-bond acceptors (Lipinski definition) is 5. The zero-order valence-corrected chi connectivity index (χ0v) is 50.5. The van der Waals surface area contributed by atoms with Gasteiger partial charge in [-0.2, -0.15) is 0 Å². The third kappa shape index (κ3) is 61.2. The number of allylic oxidation sites excluding steroid dienone is 6. The van der Waals surface area contributed by atoms with Crippen LogP contribution in [-0.4, -0.2) is 47.4 Å². The molecular formula is C69H131NO5. The molecule has 0 saturated heterocycles. The average molecular weight is 1050 g/mol. The number of ether oxygens (including phenoxy) is 1. The van der Waals surface area contributed by atoms with Crippen LogP contribution in [0, 0.1) is 0 Å². The standard InChI is InChI=1S/C69H131NO5/c1-3-5-7-9-11-13-15-17-19-20-21-22-24-27-30-34-37-41-45-49-53-57-61-67(72)66(65-71)70-68(73)62-58-54-50-46-42-38-35-31-28-25-23-26-29-32-36-40-44-48-52-56-60-64-75-69(74)63-59-55-51-47-43-39-33-18-16-14-12-10-8-6-4-2/h12,14,18,25,28,33,66-67,71-72H,3-11,13,15-17,19-24,26-27,29-32,34-65H2,1-2H3,(H,70,73)/b14-12-,28-25-,33-18-. The molecule has 6 nitrogen and oxygen atoms in total. The first-order valence-electron chi connectivity index (χ1n) is 33.7. The molecule has 0 radical (unpaired) electrons. The highest BCUT2D eigenvalue weighted by Crippen LogP contribution is 2.18. The van der Waals surface area contributed by atoms with E-state index in [4.69, 9.17) is 4.74 Å². The molecule has 0 aromatic rings. The fraction of sp³-hybridized carbons (Fsp3) is 0.884. The van der Waals surface area contributed by atoms with Gasteiger partial charge in [0, 0.05) is 12.8 Å². The highest BCUT2D eigenvalue weighted by atomic mass is 16.5. The molecule has 0 fully saturated rings. The Bertz CT molecular complexity index is 1210. The van der Waals surface area contributed by atoms with Crippen LogP contribution in [0.25, 0.3) is 0 Å². The maximum absolute atomic E-state index is 12.5. The van der Waals surface area contributed by atoms with E-state index in [9.17, 15) is 19.8 Å². The highest BCUT2D eigenvalue weighted by molar-refractivity contribution is 5.76. The zero-order chi connectivity index (χ0) is 54.3. The van der Waals surface area contributed by atoms with Crippen molar-refractivity contribution in [2.75, 3.05) is 13.2 Å². The molecule has 442 valence electrons. The van der Waals surface area contributed by atoms with E-state index in [0.29, 0.717) is 25.9 Å². The van der Waals surface area contributed by atoms with Crippen LogP contribution in [0.15, 0.2) is 36.5 Å². The molecule has 1 amide bonds. The van der Waals surface area contributed by atoms with Crippen molar-refractivity contribution in [3.63, 3.8) is 0 Å². The molecule has 0 saturated carbocycles. The van der Waals surface area contributed by atoms with E-state index in [1.807, 2.05) is 0 Å². The van der Waals surface area contributed by atoms with Gasteiger partial charge in [0.2, 0.25) is 5.91 Å². The lowest BCUT2D eigenvalue weighted by molar-refractivity contribution is -0.143. The van der Waals surface area contributed by atoms with Crippen molar-refractivity contribution in [2.24, 2.45) is 0 Å². The second-order valence-electron chi connectivity index (χ2n) is 23.1. The number of esters is 1. The topological polar surface area (TPSA) is 95.9 Å². The predicted octanol–water partition coefficient (Wildman–Crippen LogP) is 21.5. The summed E-state index contributed by atoms with van der Waals surface area (Å²) >= 11 is 0. The fourth-order valence-electron chi connectivity index (χ4n) is 10.5. The summed E-state index contributed by atoms with van der Waals surface area (Å²) in [4.78, 5) is 24.6. The van der Waals surface area contributed by atoms with Crippen LogP contribution >= 0.6 is 0 Å². The molecule has 6 heteroatoms. The first-order chi connectivity index (χ1) is 37.0. The van der Waals surface area contributed by atoms with Gasteiger partial charge in [0.05, 0.1) is 25.4 Å². The van der Waals surface area contributed by atoms with Gasteiger partial charge in [-0.1, -0.05) is 307 Å². The van der Waals surface area contributed by atoms with E-state index in [0.717, 1.165) is 51.4 Å². The summed E-state index contributed by atoms with van der Waals surface area (Å²) in [6, 6.07) is -0.549. The highest BCUT2D eigenvalue weighted by Gasteiger charge is 2.20. The van der Waals surface area contributed by atoms with Gasteiger partial charge < -0.3 is 20.3 Å². The monoisotopic (exact) mass is 1050 g/mol. The summed E-state index contributed by atoms with van der Waals surface area (Å²) in [5, 5.41) is 23.4. The van der Waals surface area contributed by atoms with Crippen LogP contribution in [0.1, 0.15) is 367 Å². The summed E-state index contributed by atoms with van der Waals surface area (Å²) < 4.78 is 5.48. The van der Waals surface area contributed by atoms with Gasteiger partial charge in [0.25, 0.3) is 0 Å². The molecule has 75 heavy (non-hydrogen) atoms. The summed E-state index contributed by atoms with van der Waals surface area (Å²) in [6.45, 7) is 4.94. The van der Waals surface area contributed by atoms with Crippen LogP contribution in [0.2, 0.25) is 0 Å². The van der Waals surface area contributed by atoms with Crippen molar-refractivity contribution >= 4 is 11.9 Å². The summed E-state index contributed by atoms with van der Waals surface area (Å²) in [6.07, 6.45) is 81.7. The van der Waals surface area contributed by atoms with Gasteiger partial charge in [-0.3, -0.25) is 9.59 Å². The molecule has 0 aliphatic carbocycles. The largest absolute Gasteiger partial charge is 0.466 e. The van der Waals surface area contributed by atoms with Gasteiger partial charge in [-0.25, -0.2) is 0 Å². The van der Waals surface area contributed by atoms with Crippen molar-refractivity contribution in [1.82, 2.24) is 5.32 Å². The lowest BCUT2D eigenvalue weighted by Gasteiger charge is -2.22. The number of nitrogens with one attached hydrogen (secondary N) is 1. The van der Waals surface area contributed by atoms with E-state index in [1.54, 1.807) is 0 Å². The van der Waals surface area contributed by atoms with Crippen LogP contribution in [0.5, 0.6) is 0 Å². The van der Waals surface area contributed by atoms with Crippen molar-refractivity contribution < 1.29 is 24.5 Å². The number of rotatable bonds is 63. The third-order valence-corrected chi connectivity index (χ3v) is 15.7. The van der Waals surface area contributed by atoms with Crippen molar-refractivity contribution in [2.45, 2.75) is 379 Å². The summed E-state index contributed by atoms with van der Waals surface area (Å²) in [5.41, 5.74) is 0. The van der Waals surface area contributed by atoms with E-state index in [-0.39, 0.29) is 18.5 Å². The number of unbranched alkanes of at least 4 members (excludes halogenated alkanes) is 46. The number of amides is 1. The van der Waals surface area contributed by atoms with Crippen molar-refractivity contribution in [3.8, 4) is 0 Å². The summed E-state index contributed by atoms with van der Waals surface area (Å²) in [5.74, 6) is -0.0448. The molecule has 0 aromatic heterocycles. The Morgan fingerprint density at radius 1 is 0.373 bits per heavy atom. The van der Waals surface area contributed by atoms with E-state index >= 15 is 0 Å². The molecule has 0 rings (SSSR count). The molecule has 0 aromatic carbocycles. The molecule has 0 heterocycles. The molecule has 2 unspecified atom stereocenters. The van der Waals surface area contributed by atoms with Gasteiger partial charge in [-0.15, -0.1) is 0 Å². The maximum Gasteiger partial charge on any atom is 0.305 e. The van der Waals surface area contributed by atoms with Gasteiger partial charge in [-0.05, 0) is 83.5 Å². The Hall–Kier alpha value is -1.92. The Morgan fingerprint density at radius 3 is 1.05 bits per heavy atom. The van der Waals surface area contributed by atoms with Gasteiger partial charge in [0.1, 0.15) is 0 Å². The summed E-state index contributed by atoms with van der Waals surface area (Å²) in [7, 11) is 0. The number of carbonyl (C=O) groups excluding carboxylic acids is 2. The Labute approximate surface area is 468 Å². The van der Waals surface area contributed by atoms with Crippen LogP contribution in [-0.2, 0) is 14.3 Å². The lowest BCUT2D eigenvalue weighted by Crippen LogP contribution is -2.45. The first kappa shape index (κ1) is 73.1. The van der Waals surface area contributed by atoms with Gasteiger partial charge >= 0.3 is 5.97 Å². The Morgan fingerprint density at radius 2 is 0.667 bits per heavy atom. The van der Waals surface area contributed by atoms with E-state index in [2.05, 4.69) is 55.6 Å². The quantitative estimate of drug-likeness (QED) is 0.0320. The minimum absolute atomic E-state index is 0.00527. The fourth-order valence-corrected chi connectivity index (χ4v) is 10.5. The predicted molar refractivity (Wildman–Crippen MR) is 329 cm³/mol. The number of carbonyl (C=O) groups is 2. The van der Waals surface area contributed by atoms with Gasteiger partial charge in [0.15, 0.2) is 0 Å². The van der Waals surface area contributed by atoms with Crippen LogP contribution in [0.3, 0.4) is 0 Å². The zero-order valence-electron chi connectivity index (χ0n) is 50.5. The van der Waals surface area contributed by atoms with Crippen LogP contribution < -0.4 is 5.32 Å². The van der Waals surface area contributed by atoms with Crippen molar-refractivity contribution in [3.05, 3.63) is 36.5 Å². The Kier molecular flexibility index (Phi) is 63.0. The molecule has 2 atom stereocenters. The molecular weight excluding hydrogens is 923 g/mol.